The zero-order chi connectivity index (χ0) is 36.5. The van der Waals surface area contributed by atoms with Gasteiger partial charge in [0, 0.05) is 6.42 Å². The normalized spacial score (nSPS) is 14.8. The van der Waals surface area contributed by atoms with E-state index < -0.39 is 26.6 Å². The van der Waals surface area contributed by atoms with Crippen LogP contribution in [0.2, 0.25) is 0 Å². The molecule has 8 nitrogen and oxygen atoms in total. The summed E-state index contributed by atoms with van der Waals surface area (Å²) in [6.07, 6.45) is 36.6. The summed E-state index contributed by atoms with van der Waals surface area (Å²) >= 11 is 0. The Balaban J connectivity index is 4.36. The average Bonchev–Trinajstić information content (AvgIpc) is 3.04. The first-order valence-corrected chi connectivity index (χ1v) is 21.7. The number of likely N-dealkylation sites (N-methyl/N-ethyl adjacent to an activating group) is 1. The number of aliphatic hydroxyl groups is 1. The first-order chi connectivity index (χ1) is 23.5. The van der Waals surface area contributed by atoms with Crippen molar-refractivity contribution >= 4 is 13.7 Å². The Kier molecular flexibility index (Phi) is 32.2. The number of hydrogen-bond acceptors (Lipinski definition) is 6. The second-order valence-corrected chi connectivity index (χ2v) is 16.4. The molecular weight excluding hydrogens is 635 g/mol. The van der Waals surface area contributed by atoms with Gasteiger partial charge in [-0.25, -0.2) is 0 Å². The highest BCUT2D eigenvalue weighted by Crippen LogP contribution is 2.38. The maximum absolute atomic E-state index is 12.8. The molecule has 0 saturated carbocycles. The molecule has 0 aliphatic heterocycles. The van der Waals surface area contributed by atoms with Crippen LogP contribution in [0.25, 0.3) is 0 Å². The number of allylic oxidation sites excluding steroid dienone is 3. The Morgan fingerprint density at radius 2 is 1.14 bits per heavy atom. The molecule has 2 N–H and O–H groups in total. The number of hydrogen-bond donors (Lipinski definition) is 2. The summed E-state index contributed by atoms with van der Waals surface area (Å²) in [7, 11) is 1.24. The highest BCUT2D eigenvalue weighted by molar-refractivity contribution is 7.45. The largest absolute Gasteiger partial charge is 0.756 e. The van der Waals surface area contributed by atoms with Gasteiger partial charge < -0.3 is 28.8 Å². The molecule has 0 aromatic rings. The minimum absolute atomic E-state index is 0.00488. The van der Waals surface area contributed by atoms with Crippen molar-refractivity contribution in [2.75, 3.05) is 40.9 Å². The average molecular weight is 715 g/mol. The van der Waals surface area contributed by atoms with Crippen LogP contribution in [0.4, 0.5) is 0 Å². The van der Waals surface area contributed by atoms with Crippen LogP contribution in [0.3, 0.4) is 0 Å². The molecule has 0 aromatic heterocycles. The second-order valence-electron chi connectivity index (χ2n) is 15.0. The Morgan fingerprint density at radius 3 is 1.65 bits per heavy atom. The molecule has 1 amide bonds. The van der Waals surface area contributed by atoms with E-state index in [1.807, 2.05) is 27.2 Å². The number of rotatable bonds is 36. The molecule has 0 spiro atoms. The number of aliphatic hydroxyl groups excluding tert-OH is 1. The van der Waals surface area contributed by atoms with Crippen LogP contribution in [0.5, 0.6) is 0 Å². The third kappa shape index (κ3) is 35.2. The van der Waals surface area contributed by atoms with Crippen molar-refractivity contribution in [3.63, 3.8) is 0 Å². The number of amides is 1. The van der Waals surface area contributed by atoms with Crippen LogP contribution in [0, 0.1) is 0 Å². The molecule has 0 heterocycles. The molecule has 0 radical (unpaired) electrons. The van der Waals surface area contributed by atoms with Crippen LogP contribution in [-0.4, -0.2) is 68.5 Å². The third-order valence-electron chi connectivity index (χ3n) is 8.91. The van der Waals surface area contributed by atoms with Gasteiger partial charge in [0.15, 0.2) is 0 Å². The van der Waals surface area contributed by atoms with Crippen molar-refractivity contribution in [1.82, 2.24) is 5.32 Å². The highest BCUT2D eigenvalue weighted by Gasteiger charge is 2.23. The van der Waals surface area contributed by atoms with E-state index in [0.29, 0.717) is 17.4 Å². The maximum Gasteiger partial charge on any atom is 0.268 e. The molecule has 0 aromatic carbocycles. The number of quaternary nitrogens is 1. The molecule has 0 saturated heterocycles. The number of nitrogens with one attached hydrogen (secondary N) is 1. The van der Waals surface area contributed by atoms with E-state index in [4.69, 9.17) is 9.05 Å². The third-order valence-corrected chi connectivity index (χ3v) is 9.88. The zero-order valence-corrected chi connectivity index (χ0v) is 33.5. The number of carbonyl (C=O) groups excluding carboxylic acids is 1. The fourth-order valence-electron chi connectivity index (χ4n) is 5.64. The Hall–Kier alpha value is -1.02. The predicted octanol–water partition coefficient (Wildman–Crippen LogP) is 9.94. The molecule has 0 aliphatic rings. The number of unbranched alkanes of at least 4 members (excludes halogenated alkanes) is 21. The summed E-state index contributed by atoms with van der Waals surface area (Å²) < 4.78 is 23.0. The first-order valence-electron chi connectivity index (χ1n) is 20.2. The van der Waals surface area contributed by atoms with Gasteiger partial charge in [0.25, 0.3) is 7.82 Å². The minimum atomic E-state index is -4.58. The lowest BCUT2D eigenvalue weighted by Gasteiger charge is -2.29. The lowest BCUT2D eigenvalue weighted by Crippen LogP contribution is -2.45. The van der Waals surface area contributed by atoms with E-state index in [9.17, 15) is 19.4 Å². The van der Waals surface area contributed by atoms with Gasteiger partial charge >= 0.3 is 0 Å². The zero-order valence-electron chi connectivity index (χ0n) is 32.6. The molecular formula is C40H79N2O6P. The monoisotopic (exact) mass is 715 g/mol. The van der Waals surface area contributed by atoms with Gasteiger partial charge in [-0.05, 0) is 32.1 Å². The van der Waals surface area contributed by atoms with Crippen LogP contribution in [-0.2, 0) is 18.4 Å². The maximum atomic E-state index is 12.8. The summed E-state index contributed by atoms with van der Waals surface area (Å²) in [5, 5.41) is 13.6. The Morgan fingerprint density at radius 1 is 0.694 bits per heavy atom. The fourth-order valence-corrected chi connectivity index (χ4v) is 6.36. The number of nitrogens with zero attached hydrogens (tertiary/aromatic N) is 1. The lowest BCUT2D eigenvalue weighted by molar-refractivity contribution is -0.870. The summed E-state index contributed by atoms with van der Waals surface area (Å²) in [6.45, 7) is 4.56. The van der Waals surface area contributed by atoms with Crippen molar-refractivity contribution in [2.45, 2.75) is 187 Å². The van der Waals surface area contributed by atoms with E-state index >= 15 is 0 Å². The fraction of sp³-hybridized carbons (Fsp3) is 0.875. The smallest absolute Gasteiger partial charge is 0.268 e. The van der Waals surface area contributed by atoms with E-state index in [2.05, 4.69) is 31.3 Å². The van der Waals surface area contributed by atoms with Gasteiger partial charge in [0.2, 0.25) is 5.91 Å². The lowest BCUT2D eigenvalue weighted by atomic mass is 10.0. The van der Waals surface area contributed by atoms with E-state index in [1.54, 1.807) is 6.08 Å². The minimum Gasteiger partial charge on any atom is -0.756 e. The van der Waals surface area contributed by atoms with Gasteiger partial charge in [-0.3, -0.25) is 9.36 Å². The second kappa shape index (κ2) is 32.9. The van der Waals surface area contributed by atoms with Crippen LogP contribution in [0.1, 0.15) is 174 Å². The molecule has 0 rings (SSSR count). The molecule has 0 fully saturated rings. The van der Waals surface area contributed by atoms with E-state index in [1.165, 1.54) is 116 Å². The van der Waals surface area contributed by atoms with Crippen molar-refractivity contribution in [3.8, 4) is 0 Å². The highest BCUT2D eigenvalue weighted by atomic mass is 31.2. The molecule has 9 heteroatoms. The standard InChI is InChI=1S/C40H79N2O6P/c1-6-8-10-12-14-16-17-18-19-20-21-22-23-24-26-28-30-32-34-40(44)41-38(37-48-49(45,46)47-36-35-42(3,4)5)39(43)33-31-29-27-25-15-13-11-9-7-2/h15,25,31,33,38-39,43H,6-14,16-24,26-30,32,34-37H2,1-5H3,(H-,41,44,45,46)/b25-15+,33-31+. The first kappa shape index (κ1) is 48.0. The summed E-state index contributed by atoms with van der Waals surface area (Å²) in [4.78, 5) is 25.1. The summed E-state index contributed by atoms with van der Waals surface area (Å²) in [5.74, 6) is -0.209. The Labute approximate surface area is 303 Å². The van der Waals surface area contributed by atoms with E-state index in [-0.39, 0.29) is 12.5 Å². The summed E-state index contributed by atoms with van der Waals surface area (Å²) in [5.41, 5.74) is 0. The molecule has 290 valence electrons. The van der Waals surface area contributed by atoms with Gasteiger partial charge in [-0.15, -0.1) is 0 Å². The topological polar surface area (TPSA) is 108 Å². The van der Waals surface area contributed by atoms with Crippen molar-refractivity contribution in [2.24, 2.45) is 0 Å². The van der Waals surface area contributed by atoms with Crippen LogP contribution < -0.4 is 10.2 Å². The summed E-state index contributed by atoms with van der Waals surface area (Å²) in [6, 6.07) is -0.895. The molecule has 0 aliphatic carbocycles. The molecule has 3 unspecified atom stereocenters. The molecule has 0 bridgehead atoms. The SMILES string of the molecule is CCCCC/C=C/CC/C=C/C(O)C(COP(=O)([O-])OCC[N+](C)(C)C)NC(=O)CCCCCCCCCCCCCCCCCCCC. The van der Waals surface area contributed by atoms with Crippen molar-refractivity contribution in [3.05, 3.63) is 24.3 Å². The molecule has 49 heavy (non-hydrogen) atoms. The van der Waals surface area contributed by atoms with Gasteiger partial charge in [-0.2, -0.15) is 0 Å². The quantitative estimate of drug-likeness (QED) is 0.0290. The van der Waals surface area contributed by atoms with Gasteiger partial charge in [-0.1, -0.05) is 160 Å². The number of phosphoric acid groups is 1. The predicted molar refractivity (Wildman–Crippen MR) is 205 cm³/mol. The van der Waals surface area contributed by atoms with Gasteiger partial charge in [0.1, 0.15) is 13.2 Å². The van der Waals surface area contributed by atoms with Crippen molar-refractivity contribution < 1.29 is 32.9 Å². The van der Waals surface area contributed by atoms with Crippen LogP contribution >= 0.6 is 7.82 Å². The van der Waals surface area contributed by atoms with Crippen LogP contribution in [0.15, 0.2) is 24.3 Å². The van der Waals surface area contributed by atoms with Gasteiger partial charge in [0.05, 0.1) is 39.9 Å². The van der Waals surface area contributed by atoms with E-state index in [0.717, 1.165) is 38.5 Å². The Bertz CT molecular complexity index is 860. The molecule has 3 atom stereocenters. The number of phosphoric ester groups is 1. The van der Waals surface area contributed by atoms with Crippen molar-refractivity contribution in [1.29, 1.82) is 0 Å². The number of carbonyl (C=O) groups is 1.